The smallest absolute Gasteiger partial charge is 0.333 e. The number of hydrogen-bond donors (Lipinski definition) is 1. The van der Waals surface area contributed by atoms with Crippen LogP contribution in [0.4, 0.5) is 0 Å². The molecule has 1 spiro atoms. The van der Waals surface area contributed by atoms with Gasteiger partial charge in [0.15, 0.2) is 22.8 Å². The van der Waals surface area contributed by atoms with Crippen molar-refractivity contribution in [1.29, 1.82) is 0 Å². The first kappa shape index (κ1) is 41.2. The van der Waals surface area contributed by atoms with Gasteiger partial charge in [-0.25, -0.2) is 4.79 Å². The summed E-state index contributed by atoms with van der Waals surface area (Å²) in [7, 11) is 0. The summed E-state index contributed by atoms with van der Waals surface area (Å²) in [4.78, 5) is 45.4. The van der Waals surface area contributed by atoms with Gasteiger partial charge < -0.3 is 28.8 Å². The summed E-state index contributed by atoms with van der Waals surface area (Å²) in [5, 5.41) is 12.0. The van der Waals surface area contributed by atoms with E-state index in [1.165, 1.54) is 5.57 Å². The molecular weight excluding hydrogens is 723 g/mol. The third-order valence-corrected chi connectivity index (χ3v) is 12.9. The van der Waals surface area contributed by atoms with Crippen LogP contribution < -0.4 is 9.47 Å². The number of morpholine rings is 1. The van der Waals surface area contributed by atoms with Gasteiger partial charge in [-0.2, -0.15) is 0 Å². The number of phenolic OH excluding ortho intramolecular Hbond substituents is 1. The second-order valence-electron chi connectivity index (χ2n) is 18.1. The minimum absolute atomic E-state index is 0.0185. The van der Waals surface area contributed by atoms with E-state index < -0.39 is 34.3 Å². The lowest BCUT2D eigenvalue weighted by Crippen LogP contribution is -2.72. The van der Waals surface area contributed by atoms with Gasteiger partial charge in [0.2, 0.25) is 0 Å². The Bertz CT molecular complexity index is 1970. The Morgan fingerprint density at radius 1 is 0.965 bits per heavy atom. The van der Waals surface area contributed by atoms with E-state index >= 15 is 4.79 Å². The summed E-state index contributed by atoms with van der Waals surface area (Å²) in [6.45, 7) is 20.6. The molecule has 0 aromatic heterocycles. The first-order valence-corrected chi connectivity index (χ1v) is 20.9. The van der Waals surface area contributed by atoms with Crippen molar-refractivity contribution in [3.05, 3.63) is 69.4 Å². The molecule has 10 heteroatoms. The molecule has 3 aliphatic carbocycles. The van der Waals surface area contributed by atoms with Gasteiger partial charge in [0, 0.05) is 48.1 Å². The number of rotatable bonds is 14. The first-order valence-electron chi connectivity index (χ1n) is 20.9. The van der Waals surface area contributed by atoms with Crippen LogP contribution in [0.2, 0.25) is 0 Å². The van der Waals surface area contributed by atoms with E-state index in [0.29, 0.717) is 53.9 Å². The normalized spacial score (nSPS) is 29.4. The minimum Gasteiger partial charge on any atom is -0.506 e. The standard InChI is InChI=1S/C47H61NO9/c1-29(2)13-12-18-45(8)19-17-33-38(49)37-39(50)35-27-32-28-36-44(6,7)57-46(42(32)51,47(35,36)56-41(37)34(40(33)55-45)15-14-30(3)4)20-16-31(5)43(52)54-24-11-9-10-21-48-22-25-53-26-23-48/h13-14,16-17,19,27,32,36,49H,9-12,15,18,20-26,28H2,1-8H3/b31-16-. The number of esters is 1. The van der Waals surface area contributed by atoms with Crippen molar-refractivity contribution >= 4 is 23.6 Å². The van der Waals surface area contributed by atoms with Gasteiger partial charge >= 0.3 is 5.97 Å². The van der Waals surface area contributed by atoms with Crippen molar-refractivity contribution in [2.45, 2.75) is 129 Å². The molecule has 1 aromatic carbocycles. The van der Waals surface area contributed by atoms with Crippen molar-refractivity contribution in [3.63, 3.8) is 0 Å². The Balaban J connectivity index is 1.21. The topological polar surface area (TPSA) is 121 Å². The van der Waals surface area contributed by atoms with Crippen LogP contribution in [-0.2, 0) is 30.2 Å². The molecule has 2 saturated heterocycles. The molecule has 1 saturated carbocycles. The molecule has 5 unspecified atom stereocenters. The summed E-state index contributed by atoms with van der Waals surface area (Å²) < 4.78 is 32.2. The predicted molar refractivity (Wildman–Crippen MR) is 219 cm³/mol. The van der Waals surface area contributed by atoms with Crippen LogP contribution >= 0.6 is 0 Å². The molecule has 10 nitrogen and oxygen atoms in total. The van der Waals surface area contributed by atoms with E-state index in [9.17, 15) is 14.7 Å². The Morgan fingerprint density at radius 2 is 1.70 bits per heavy atom. The van der Waals surface area contributed by atoms with Crippen LogP contribution in [0.5, 0.6) is 17.2 Å². The summed E-state index contributed by atoms with van der Waals surface area (Å²) in [6, 6.07) is 0. The highest BCUT2D eigenvalue weighted by atomic mass is 16.6. The number of allylic oxidation sites excluding steroid dienone is 5. The van der Waals surface area contributed by atoms with E-state index in [1.807, 2.05) is 46.8 Å². The Hall–Kier alpha value is -3.99. The molecule has 5 atom stereocenters. The minimum atomic E-state index is -1.60. The average molecular weight is 784 g/mol. The molecule has 0 amide bonds. The van der Waals surface area contributed by atoms with Gasteiger partial charge in [-0.05, 0) is 119 Å². The number of Topliss-reactive ketones (excluding diaryl/α,β-unsaturated/α-hetero) is 2. The fourth-order valence-corrected chi connectivity index (χ4v) is 9.89. The monoisotopic (exact) mass is 783 g/mol. The van der Waals surface area contributed by atoms with Gasteiger partial charge in [-0.3, -0.25) is 14.5 Å². The molecule has 7 aliphatic rings. The maximum Gasteiger partial charge on any atom is 0.333 e. The fraction of sp³-hybridized carbons (Fsp3) is 0.596. The summed E-state index contributed by atoms with van der Waals surface area (Å²) >= 11 is 0. The van der Waals surface area contributed by atoms with Crippen LogP contribution in [0.1, 0.15) is 122 Å². The highest BCUT2D eigenvalue weighted by Crippen LogP contribution is 2.68. The summed E-state index contributed by atoms with van der Waals surface area (Å²) in [5.41, 5.74) is -0.459. The first-order chi connectivity index (χ1) is 27.0. The number of ketones is 2. The van der Waals surface area contributed by atoms with Crippen molar-refractivity contribution < 1.29 is 43.2 Å². The quantitative estimate of drug-likeness (QED) is 0.0856. The number of phenols is 1. The van der Waals surface area contributed by atoms with Crippen molar-refractivity contribution in [2.75, 3.05) is 39.5 Å². The van der Waals surface area contributed by atoms with Gasteiger partial charge in [0.25, 0.3) is 0 Å². The summed E-state index contributed by atoms with van der Waals surface area (Å²) in [5.74, 6) is -1.42. The van der Waals surface area contributed by atoms with Crippen molar-refractivity contribution in [2.24, 2.45) is 11.8 Å². The number of ether oxygens (including phenoxy) is 5. The van der Waals surface area contributed by atoms with E-state index in [0.717, 1.165) is 64.1 Å². The maximum absolute atomic E-state index is 15.0. The number of benzene rings is 1. The highest BCUT2D eigenvalue weighted by molar-refractivity contribution is 6.19. The molecule has 1 N–H and O–H groups in total. The van der Waals surface area contributed by atoms with E-state index in [2.05, 4.69) is 30.9 Å². The van der Waals surface area contributed by atoms with Crippen molar-refractivity contribution in [1.82, 2.24) is 4.90 Å². The molecule has 4 aliphatic heterocycles. The maximum atomic E-state index is 15.0. The number of nitrogens with zero attached hydrogens (tertiary/aromatic N) is 1. The highest BCUT2D eigenvalue weighted by Gasteiger charge is 2.81. The van der Waals surface area contributed by atoms with E-state index in [1.54, 1.807) is 19.1 Å². The Labute approximate surface area is 338 Å². The molecule has 8 rings (SSSR count). The largest absolute Gasteiger partial charge is 0.506 e. The zero-order valence-electron chi connectivity index (χ0n) is 35.2. The molecular formula is C47H61NO9. The van der Waals surface area contributed by atoms with Gasteiger partial charge in [0.05, 0.1) is 31.0 Å². The lowest BCUT2D eigenvalue weighted by atomic mass is 9.51. The number of carbonyl (C=O) groups excluding carboxylic acids is 3. The third-order valence-electron chi connectivity index (χ3n) is 12.9. The number of unbranched alkanes of at least 4 members (excludes halogenated alkanes) is 2. The molecule has 308 valence electrons. The van der Waals surface area contributed by atoms with Crippen LogP contribution in [0, 0.1) is 11.8 Å². The lowest BCUT2D eigenvalue weighted by Gasteiger charge is -2.56. The lowest BCUT2D eigenvalue weighted by molar-refractivity contribution is -0.171. The molecule has 57 heavy (non-hydrogen) atoms. The number of hydrogen-bond acceptors (Lipinski definition) is 10. The average Bonchev–Trinajstić information content (AvgIpc) is 3.31. The van der Waals surface area contributed by atoms with E-state index in [4.69, 9.17) is 23.7 Å². The van der Waals surface area contributed by atoms with Crippen LogP contribution in [0.3, 0.4) is 0 Å². The molecule has 3 fully saturated rings. The predicted octanol–water partition coefficient (Wildman–Crippen LogP) is 8.20. The number of aromatic hydroxyl groups is 1. The molecule has 4 heterocycles. The second-order valence-corrected chi connectivity index (χ2v) is 18.1. The molecule has 1 aromatic rings. The van der Waals surface area contributed by atoms with Crippen LogP contribution in [0.15, 0.2) is 52.7 Å². The Kier molecular flexibility index (Phi) is 11.3. The Morgan fingerprint density at radius 3 is 2.42 bits per heavy atom. The van der Waals surface area contributed by atoms with Gasteiger partial charge in [-0.1, -0.05) is 35.5 Å². The second kappa shape index (κ2) is 15.6. The summed E-state index contributed by atoms with van der Waals surface area (Å²) in [6.07, 6.45) is 16.6. The zero-order valence-corrected chi connectivity index (χ0v) is 35.2. The third kappa shape index (κ3) is 7.24. The van der Waals surface area contributed by atoms with Crippen LogP contribution in [-0.4, -0.2) is 89.4 Å². The zero-order chi connectivity index (χ0) is 40.9. The van der Waals surface area contributed by atoms with E-state index in [-0.39, 0.29) is 41.0 Å². The molecule has 4 bridgehead atoms. The number of fused-ring (bicyclic) bond motifs is 2. The van der Waals surface area contributed by atoms with Gasteiger partial charge in [-0.15, -0.1) is 0 Å². The molecule has 0 radical (unpaired) electrons. The van der Waals surface area contributed by atoms with Crippen LogP contribution in [0.25, 0.3) is 6.08 Å². The van der Waals surface area contributed by atoms with Gasteiger partial charge in [0.1, 0.15) is 28.4 Å². The van der Waals surface area contributed by atoms with Crippen molar-refractivity contribution in [3.8, 4) is 17.2 Å². The number of carbonyl (C=O) groups is 3. The SMILES string of the molecule is CC(C)=CCCC1(C)C=Cc2c(O)c3c(c(CC=C(C)C)c2O1)OC12C(=CC4CC1C(C)(C)OC2(C/C=C(/C)C(=O)OCCCCCN1CCOCC1)C4=O)C3=O. The fourth-order valence-electron chi connectivity index (χ4n) is 9.89.